The Kier molecular flexibility index (Phi) is 3.79. The highest BCUT2D eigenvalue weighted by molar-refractivity contribution is 6.31. The van der Waals surface area contributed by atoms with E-state index in [1.54, 1.807) is 0 Å². The molecule has 1 aliphatic heterocycles. The van der Waals surface area contributed by atoms with Gasteiger partial charge in [-0.2, -0.15) is 0 Å². The Balaban J connectivity index is 1.87. The molecule has 2 aromatic carbocycles. The van der Waals surface area contributed by atoms with Crippen LogP contribution in [0.1, 0.15) is 28.3 Å². The molecule has 0 aromatic heterocycles. The molecule has 0 aliphatic carbocycles. The van der Waals surface area contributed by atoms with Crippen LogP contribution in [0.5, 0.6) is 0 Å². The van der Waals surface area contributed by atoms with Crippen LogP contribution >= 0.6 is 11.6 Å². The first-order valence-electron chi connectivity index (χ1n) is 6.96. The molecule has 2 aromatic rings. The van der Waals surface area contributed by atoms with E-state index in [1.807, 2.05) is 6.92 Å². The summed E-state index contributed by atoms with van der Waals surface area (Å²) in [5, 5.41) is 0.817. The zero-order valence-corrected chi connectivity index (χ0v) is 12.4. The summed E-state index contributed by atoms with van der Waals surface area (Å²) in [6, 6.07) is 15.1. The Bertz CT molecular complexity index is 599. The first-order chi connectivity index (χ1) is 9.69. The van der Waals surface area contributed by atoms with Crippen LogP contribution in [-0.4, -0.2) is 11.4 Å². The largest absolute Gasteiger partial charge is 0.329 e. The molecule has 0 spiro atoms. The average molecular weight is 287 g/mol. The zero-order chi connectivity index (χ0) is 14.1. The maximum Gasteiger partial charge on any atom is 0.0478 e. The van der Waals surface area contributed by atoms with Crippen molar-refractivity contribution in [2.24, 2.45) is 5.73 Å². The predicted molar refractivity (Wildman–Crippen MR) is 83.7 cm³/mol. The summed E-state index contributed by atoms with van der Waals surface area (Å²) in [5.41, 5.74) is 11.1. The molecule has 0 saturated carbocycles. The van der Waals surface area contributed by atoms with Crippen LogP contribution in [0.3, 0.4) is 0 Å². The SMILES string of the molecule is Cc1ccc(C(CN)N2Cc3ccccc3C2)cc1Cl. The Hall–Kier alpha value is -1.35. The number of fused-ring (bicyclic) bond motifs is 1. The summed E-state index contributed by atoms with van der Waals surface area (Å²) in [6.07, 6.45) is 0. The highest BCUT2D eigenvalue weighted by Crippen LogP contribution is 2.32. The number of hydrogen-bond acceptors (Lipinski definition) is 2. The van der Waals surface area contributed by atoms with Crippen molar-refractivity contribution in [2.75, 3.05) is 6.54 Å². The van der Waals surface area contributed by atoms with Crippen LogP contribution in [0.25, 0.3) is 0 Å². The first kappa shape index (κ1) is 13.6. The van der Waals surface area contributed by atoms with Crippen LogP contribution in [0.15, 0.2) is 42.5 Å². The lowest BCUT2D eigenvalue weighted by Crippen LogP contribution is -2.29. The molecule has 0 amide bonds. The molecule has 1 unspecified atom stereocenters. The molecule has 3 heteroatoms. The van der Waals surface area contributed by atoms with Crippen molar-refractivity contribution in [2.45, 2.75) is 26.1 Å². The minimum Gasteiger partial charge on any atom is -0.329 e. The smallest absolute Gasteiger partial charge is 0.0478 e. The number of nitrogens with zero attached hydrogens (tertiary/aromatic N) is 1. The maximum absolute atomic E-state index is 6.25. The highest BCUT2D eigenvalue weighted by Gasteiger charge is 2.26. The van der Waals surface area contributed by atoms with E-state index >= 15 is 0 Å². The molecule has 104 valence electrons. The molecule has 0 radical (unpaired) electrons. The van der Waals surface area contributed by atoms with Gasteiger partial charge in [0.15, 0.2) is 0 Å². The Morgan fingerprint density at radius 2 is 1.80 bits per heavy atom. The van der Waals surface area contributed by atoms with Crippen LogP contribution < -0.4 is 5.73 Å². The minimum absolute atomic E-state index is 0.223. The van der Waals surface area contributed by atoms with Gasteiger partial charge in [0.05, 0.1) is 0 Å². The van der Waals surface area contributed by atoms with Gasteiger partial charge in [-0.25, -0.2) is 0 Å². The van der Waals surface area contributed by atoms with E-state index in [4.69, 9.17) is 17.3 Å². The average Bonchev–Trinajstić information content (AvgIpc) is 2.87. The van der Waals surface area contributed by atoms with E-state index in [1.165, 1.54) is 16.7 Å². The molecule has 2 N–H and O–H groups in total. The molecule has 1 atom stereocenters. The fourth-order valence-corrected chi connectivity index (χ4v) is 3.08. The third-order valence-corrected chi connectivity index (χ3v) is 4.52. The molecular weight excluding hydrogens is 268 g/mol. The first-order valence-corrected chi connectivity index (χ1v) is 7.34. The summed E-state index contributed by atoms with van der Waals surface area (Å²) in [5.74, 6) is 0. The van der Waals surface area contributed by atoms with Crippen molar-refractivity contribution in [1.82, 2.24) is 4.90 Å². The van der Waals surface area contributed by atoms with Crippen molar-refractivity contribution in [3.8, 4) is 0 Å². The van der Waals surface area contributed by atoms with Crippen molar-refractivity contribution >= 4 is 11.6 Å². The molecule has 1 aliphatic rings. The molecule has 1 heterocycles. The van der Waals surface area contributed by atoms with Crippen LogP contribution in [0.2, 0.25) is 5.02 Å². The van der Waals surface area contributed by atoms with Crippen molar-refractivity contribution in [3.63, 3.8) is 0 Å². The monoisotopic (exact) mass is 286 g/mol. The summed E-state index contributed by atoms with van der Waals surface area (Å²) in [6.45, 7) is 4.55. The molecule has 0 bridgehead atoms. The van der Waals surface area contributed by atoms with E-state index in [-0.39, 0.29) is 6.04 Å². The van der Waals surface area contributed by atoms with Gasteiger partial charge in [-0.05, 0) is 35.2 Å². The second-order valence-electron chi connectivity index (χ2n) is 5.43. The number of rotatable bonds is 3. The number of aryl methyl sites for hydroxylation is 1. The third-order valence-electron chi connectivity index (χ3n) is 4.11. The van der Waals surface area contributed by atoms with Gasteiger partial charge < -0.3 is 5.73 Å². The van der Waals surface area contributed by atoms with Gasteiger partial charge in [-0.1, -0.05) is 48.0 Å². The van der Waals surface area contributed by atoms with Gasteiger partial charge in [0, 0.05) is 30.7 Å². The molecule has 20 heavy (non-hydrogen) atoms. The molecule has 0 saturated heterocycles. The maximum atomic E-state index is 6.25. The van der Waals surface area contributed by atoms with Crippen LogP contribution in [0, 0.1) is 6.92 Å². The number of hydrogen-bond donors (Lipinski definition) is 1. The lowest BCUT2D eigenvalue weighted by molar-refractivity contribution is 0.205. The number of benzene rings is 2. The molecule has 0 fully saturated rings. The van der Waals surface area contributed by atoms with Crippen molar-refractivity contribution in [3.05, 3.63) is 69.7 Å². The van der Waals surface area contributed by atoms with E-state index in [0.29, 0.717) is 6.54 Å². The molecular formula is C17H19ClN2. The Morgan fingerprint density at radius 1 is 1.15 bits per heavy atom. The van der Waals surface area contributed by atoms with E-state index in [0.717, 1.165) is 23.7 Å². The van der Waals surface area contributed by atoms with Gasteiger partial charge in [0.1, 0.15) is 0 Å². The fraction of sp³-hybridized carbons (Fsp3) is 0.294. The van der Waals surface area contributed by atoms with E-state index in [2.05, 4.69) is 47.4 Å². The quantitative estimate of drug-likeness (QED) is 0.933. The number of nitrogens with two attached hydrogens (primary N) is 1. The summed E-state index contributed by atoms with van der Waals surface area (Å²) >= 11 is 6.25. The minimum atomic E-state index is 0.223. The lowest BCUT2D eigenvalue weighted by Gasteiger charge is -2.27. The Labute approximate surface area is 125 Å². The van der Waals surface area contributed by atoms with Gasteiger partial charge in [0.2, 0.25) is 0 Å². The summed E-state index contributed by atoms with van der Waals surface area (Å²) < 4.78 is 0. The van der Waals surface area contributed by atoms with Gasteiger partial charge in [0.25, 0.3) is 0 Å². The summed E-state index contributed by atoms with van der Waals surface area (Å²) in [4.78, 5) is 2.42. The molecule has 3 rings (SSSR count). The van der Waals surface area contributed by atoms with Gasteiger partial charge in [-0.15, -0.1) is 0 Å². The van der Waals surface area contributed by atoms with Gasteiger partial charge in [-0.3, -0.25) is 4.90 Å². The van der Waals surface area contributed by atoms with Crippen LogP contribution in [0.4, 0.5) is 0 Å². The standard InChI is InChI=1S/C17H19ClN2/c1-12-6-7-13(8-16(12)18)17(9-19)20-10-14-4-2-3-5-15(14)11-20/h2-8,17H,9-11,19H2,1H3. The molecule has 2 nitrogen and oxygen atoms in total. The topological polar surface area (TPSA) is 29.3 Å². The van der Waals surface area contributed by atoms with Crippen molar-refractivity contribution in [1.29, 1.82) is 0 Å². The second kappa shape index (κ2) is 5.57. The summed E-state index contributed by atoms with van der Waals surface area (Å²) in [7, 11) is 0. The highest BCUT2D eigenvalue weighted by atomic mass is 35.5. The van der Waals surface area contributed by atoms with Crippen LogP contribution in [-0.2, 0) is 13.1 Å². The lowest BCUT2D eigenvalue weighted by atomic mass is 10.0. The number of halogens is 1. The fourth-order valence-electron chi connectivity index (χ4n) is 2.89. The third kappa shape index (κ3) is 2.47. The zero-order valence-electron chi connectivity index (χ0n) is 11.6. The Morgan fingerprint density at radius 3 is 2.35 bits per heavy atom. The normalized spacial score (nSPS) is 16.1. The van der Waals surface area contributed by atoms with Gasteiger partial charge >= 0.3 is 0 Å². The van der Waals surface area contributed by atoms with E-state index < -0.39 is 0 Å². The predicted octanol–water partition coefficient (Wildman–Crippen LogP) is 3.66. The second-order valence-corrected chi connectivity index (χ2v) is 5.84. The van der Waals surface area contributed by atoms with Crippen molar-refractivity contribution < 1.29 is 0 Å². The van der Waals surface area contributed by atoms with E-state index in [9.17, 15) is 0 Å².